The van der Waals surface area contributed by atoms with Crippen molar-refractivity contribution in [1.82, 2.24) is 4.90 Å². The molecule has 2 amide bonds. The number of hydrogen-bond donors (Lipinski definition) is 2. The van der Waals surface area contributed by atoms with Gasteiger partial charge in [0.1, 0.15) is 11.1 Å². The number of nitrogens with one attached hydrogen (secondary N) is 2. The normalized spacial score (nSPS) is 16.7. The Kier molecular flexibility index (Phi) is 5.93. The molecular weight excluding hydrogens is 384 g/mol. The Morgan fingerprint density at radius 3 is 2.59 bits per heavy atom. The highest BCUT2D eigenvalue weighted by molar-refractivity contribution is 7.16. The summed E-state index contributed by atoms with van der Waals surface area (Å²) in [6.45, 7) is 3.15. The van der Waals surface area contributed by atoms with Crippen LogP contribution < -0.4 is 10.2 Å². The summed E-state index contributed by atoms with van der Waals surface area (Å²) in [6, 6.07) is 11.6. The minimum absolute atomic E-state index is 0.0527. The van der Waals surface area contributed by atoms with E-state index in [0.717, 1.165) is 44.3 Å². The highest BCUT2D eigenvalue weighted by Crippen LogP contribution is 2.37. The van der Waals surface area contributed by atoms with Crippen LogP contribution in [0.4, 0.5) is 5.00 Å². The van der Waals surface area contributed by atoms with Gasteiger partial charge >= 0.3 is 0 Å². The molecule has 0 radical (unpaired) electrons. The summed E-state index contributed by atoms with van der Waals surface area (Å²) in [7, 11) is 0. The first-order chi connectivity index (χ1) is 14.2. The van der Waals surface area contributed by atoms with Crippen molar-refractivity contribution in [2.45, 2.75) is 25.7 Å². The number of aryl methyl sites for hydroxylation is 1. The average Bonchev–Trinajstić information content (AvgIpc) is 3.11. The standard InChI is InChI=1S/C22H24N4O2S/c23-14-18-17-8-4-5-9-19(17)29-21(18)24-20(27)15-25-10-12-26(13-11-25)22(28)16-6-2-1-3-7-16/h1-3,6-7H,4-5,8-13,15H2,(H,24,27)/p+1. The maximum Gasteiger partial charge on any atom is 0.280 e. The highest BCUT2D eigenvalue weighted by atomic mass is 32.1. The van der Waals surface area contributed by atoms with Crippen LogP contribution >= 0.6 is 11.3 Å². The molecule has 29 heavy (non-hydrogen) atoms. The van der Waals surface area contributed by atoms with Gasteiger partial charge in [-0.05, 0) is 43.4 Å². The molecule has 1 aromatic heterocycles. The Morgan fingerprint density at radius 1 is 1.14 bits per heavy atom. The van der Waals surface area contributed by atoms with Gasteiger partial charge in [0.05, 0.1) is 31.7 Å². The number of nitrogens with zero attached hydrogens (tertiary/aromatic N) is 2. The van der Waals surface area contributed by atoms with Gasteiger partial charge in [-0.3, -0.25) is 9.59 Å². The third-order valence-electron chi connectivity index (χ3n) is 5.73. The summed E-state index contributed by atoms with van der Waals surface area (Å²) < 4.78 is 0. The second kappa shape index (κ2) is 8.76. The number of anilines is 1. The molecule has 2 aliphatic rings. The first kappa shape index (κ1) is 19.6. The molecule has 1 aliphatic heterocycles. The number of quaternary nitrogens is 1. The summed E-state index contributed by atoms with van der Waals surface area (Å²) in [4.78, 5) is 29.4. The van der Waals surface area contributed by atoms with Crippen molar-refractivity contribution in [3.63, 3.8) is 0 Å². The van der Waals surface area contributed by atoms with Gasteiger partial charge in [0.2, 0.25) is 0 Å². The van der Waals surface area contributed by atoms with Gasteiger partial charge in [-0.25, -0.2) is 0 Å². The quantitative estimate of drug-likeness (QED) is 0.803. The summed E-state index contributed by atoms with van der Waals surface area (Å²) in [5.41, 5.74) is 2.50. The maximum absolute atomic E-state index is 12.6. The van der Waals surface area contributed by atoms with E-state index >= 15 is 0 Å². The molecule has 1 saturated heterocycles. The highest BCUT2D eigenvalue weighted by Gasteiger charge is 2.27. The summed E-state index contributed by atoms with van der Waals surface area (Å²) in [5.74, 6) is -0.00476. The van der Waals surface area contributed by atoms with Crippen LogP contribution in [0.5, 0.6) is 0 Å². The SMILES string of the molecule is N#Cc1c(NC(=O)C[NH+]2CCN(C(=O)c3ccccc3)CC2)sc2c1CCCC2. The number of hydrogen-bond acceptors (Lipinski definition) is 4. The van der Waals surface area contributed by atoms with Crippen molar-refractivity contribution < 1.29 is 14.5 Å². The van der Waals surface area contributed by atoms with Gasteiger partial charge in [-0.2, -0.15) is 5.26 Å². The Hall–Kier alpha value is -2.69. The zero-order valence-corrected chi connectivity index (χ0v) is 17.2. The van der Waals surface area contributed by atoms with Gasteiger partial charge < -0.3 is 15.1 Å². The van der Waals surface area contributed by atoms with Crippen LogP contribution in [-0.4, -0.2) is 49.4 Å². The molecule has 0 unspecified atom stereocenters. The fourth-order valence-corrected chi connectivity index (χ4v) is 5.39. The van der Waals surface area contributed by atoms with Gasteiger partial charge in [0.25, 0.3) is 11.8 Å². The number of amides is 2. The lowest BCUT2D eigenvalue weighted by atomic mass is 9.96. The third-order valence-corrected chi connectivity index (χ3v) is 6.93. The topological polar surface area (TPSA) is 77.6 Å². The van der Waals surface area contributed by atoms with Crippen LogP contribution in [0.25, 0.3) is 0 Å². The fourth-order valence-electron chi connectivity index (χ4n) is 4.14. The minimum Gasteiger partial charge on any atom is -0.327 e. The van der Waals surface area contributed by atoms with Gasteiger partial charge in [-0.1, -0.05) is 18.2 Å². The van der Waals surface area contributed by atoms with E-state index in [1.165, 1.54) is 9.78 Å². The Morgan fingerprint density at radius 2 is 1.86 bits per heavy atom. The van der Waals surface area contributed by atoms with Gasteiger partial charge in [0.15, 0.2) is 6.54 Å². The Bertz CT molecular complexity index is 940. The molecule has 4 rings (SSSR count). The van der Waals surface area contributed by atoms with Crippen LogP contribution in [0, 0.1) is 11.3 Å². The predicted octanol–water partition coefficient (Wildman–Crippen LogP) is 1.48. The molecule has 1 fully saturated rings. The molecule has 2 heterocycles. The minimum atomic E-state index is -0.0575. The molecule has 0 atom stereocenters. The Labute approximate surface area is 174 Å². The molecular formula is C22H25N4O2S+. The van der Waals surface area contributed by atoms with Crippen molar-refractivity contribution in [2.24, 2.45) is 0 Å². The number of thiophene rings is 1. The van der Waals surface area contributed by atoms with Crippen molar-refractivity contribution >= 4 is 28.2 Å². The second-order valence-corrected chi connectivity index (χ2v) is 8.77. The lowest BCUT2D eigenvalue weighted by Crippen LogP contribution is -3.15. The zero-order chi connectivity index (χ0) is 20.2. The summed E-state index contributed by atoms with van der Waals surface area (Å²) in [6.07, 6.45) is 4.21. The van der Waals surface area contributed by atoms with E-state index in [4.69, 9.17) is 0 Å². The molecule has 2 aromatic rings. The molecule has 0 bridgehead atoms. The van der Waals surface area contributed by atoms with Crippen LogP contribution in [0.1, 0.15) is 39.2 Å². The molecule has 0 saturated carbocycles. The maximum atomic E-state index is 12.6. The van der Waals surface area contributed by atoms with Gasteiger partial charge in [0, 0.05) is 10.4 Å². The first-order valence-corrected chi connectivity index (χ1v) is 11.0. The zero-order valence-electron chi connectivity index (χ0n) is 16.4. The molecule has 2 N–H and O–H groups in total. The monoisotopic (exact) mass is 409 g/mol. The van der Waals surface area contributed by atoms with E-state index in [9.17, 15) is 14.9 Å². The number of fused-ring (bicyclic) bond motifs is 1. The van der Waals surface area contributed by atoms with E-state index in [0.29, 0.717) is 35.8 Å². The van der Waals surface area contributed by atoms with Crippen LogP contribution in [0.15, 0.2) is 30.3 Å². The molecule has 150 valence electrons. The molecule has 1 aromatic carbocycles. The van der Waals surface area contributed by atoms with Crippen LogP contribution in [0.2, 0.25) is 0 Å². The first-order valence-electron chi connectivity index (χ1n) is 10.2. The van der Waals surface area contributed by atoms with E-state index in [1.54, 1.807) is 11.3 Å². The number of piperazine rings is 1. The number of carbonyl (C=O) groups is 2. The van der Waals surface area contributed by atoms with Crippen molar-refractivity contribution in [1.29, 1.82) is 5.26 Å². The van der Waals surface area contributed by atoms with Crippen molar-refractivity contribution in [3.05, 3.63) is 51.9 Å². The Balaban J connectivity index is 1.31. The summed E-state index contributed by atoms with van der Waals surface area (Å²) >= 11 is 1.56. The largest absolute Gasteiger partial charge is 0.327 e. The van der Waals surface area contributed by atoms with Gasteiger partial charge in [-0.15, -0.1) is 11.3 Å². The predicted molar refractivity (Wildman–Crippen MR) is 112 cm³/mol. The molecule has 6 nitrogen and oxygen atoms in total. The lowest BCUT2D eigenvalue weighted by Gasteiger charge is -2.31. The fraction of sp³-hybridized carbons (Fsp3) is 0.409. The number of nitriles is 1. The number of benzene rings is 1. The van der Waals surface area contributed by atoms with E-state index in [2.05, 4.69) is 11.4 Å². The van der Waals surface area contributed by atoms with Crippen LogP contribution in [-0.2, 0) is 17.6 Å². The second-order valence-electron chi connectivity index (χ2n) is 7.66. The summed E-state index contributed by atoms with van der Waals surface area (Å²) in [5, 5.41) is 13.2. The van der Waals surface area contributed by atoms with E-state index in [-0.39, 0.29) is 11.8 Å². The van der Waals surface area contributed by atoms with E-state index < -0.39 is 0 Å². The number of rotatable bonds is 4. The molecule has 0 spiro atoms. The van der Waals surface area contributed by atoms with E-state index in [1.807, 2.05) is 35.2 Å². The average molecular weight is 410 g/mol. The lowest BCUT2D eigenvalue weighted by molar-refractivity contribution is -0.895. The smallest absolute Gasteiger partial charge is 0.280 e. The third kappa shape index (κ3) is 4.34. The van der Waals surface area contributed by atoms with Crippen LogP contribution in [0.3, 0.4) is 0 Å². The van der Waals surface area contributed by atoms with Crippen molar-refractivity contribution in [3.8, 4) is 6.07 Å². The number of carbonyl (C=O) groups excluding carboxylic acids is 2. The molecule has 7 heteroatoms. The molecule has 1 aliphatic carbocycles. The van der Waals surface area contributed by atoms with Crippen molar-refractivity contribution in [2.75, 3.05) is 38.0 Å².